The Balaban J connectivity index is 1.13. The third-order valence-corrected chi connectivity index (χ3v) is 10.5. The summed E-state index contributed by atoms with van der Waals surface area (Å²) in [7, 11) is 2.17. The van der Waals surface area contributed by atoms with Gasteiger partial charge in [-0.3, -0.25) is 4.57 Å². The Morgan fingerprint density at radius 2 is 1.49 bits per heavy atom. The van der Waals surface area contributed by atoms with Gasteiger partial charge in [-0.25, -0.2) is 4.98 Å². The lowest BCUT2D eigenvalue weighted by Gasteiger charge is -2.21. The Morgan fingerprint density at radius 3 is 2.36 bits per heavy atom. The maximum atomic E-state index is 6.64. The fraction of sp³-hybridized carbons (Fsp3) is 0.146. The predicted molar refractivity (Wildman–Crippen MR) is 199 cm³/mol. The minimum atomic E-state index is 0.0166. The van der Waals surface area contributed by atoms with Gasteiger partial charge in [-0.05, 0) is 71.6 Å². The van der Waals surface area contributed by atoms with Gasteiger partial charge in [0.05, 0.1) is 29.1 Å². The van der Waals surface area contributed by atoms with E-state index in [0.29, 0.717) is 0 Å². The lowest BCUT2D eigenvalue weighted by atomic mass is 9.88. The van der Waals surface area contributed by atoms with E-state index >= 15 is 0 Å². The minimum absolute atomic E-state index is 0.0166. The molecule has 230 valence electrons. The van der Waals surface area contributed by atoms with E-state index in [1.54, 1.807) is 0 Å². The van der Waals surface area contributed by atoms with Crippen LogP contribution in [-0.4, -0.2) is 23.3 Å². The van der Waals surface area contributed by atoms with Crippen molar-refractivity contribution >= 4 is 70.4 Å². The third kappa shape index (κ3) is 4.47. The lowest BCUT2D eigenvalue weighted by Crippen LogP contribution is -2.23. The molecule has 0 amide bonds. The van der Waals surface area contributed by atoms with Gasteiger partial charge in [-0.15, -0.1) is 11.3 Å². The SMILES string of the molecule is CN1CN(c2cccc(Oc3ccc4c5ccccc5n(-c5cc(C(C)(C)C)ccn5)c4c3)c2)c2c1ccc1sc3ccccc3c21. The van der Waals surface area contributed by atoms with Crippen LogP contribution in [0.4, 0.5) is 17.1 Å². The van der Waals surface area contributed by atoms with Gasteiger partial charge in [0.2, 0.25) is 0 Å². The van der Waals surface area contributed by atoms with E-state index in [1.165, 1.54) is 47.9 Å². The average Bonchev–Trinajstić information content (AvgIpc) is 3.73. The van der Waals surface area contributed by atoms with Gasteiger partial charge >= 0.3 is 0 Å². The number of benzene rings is 5. The second-order valence-corrected chi connectivity index (χ2v) is 14.5. The predicted octanol–water partition coefficient (Wildman–Crippen LogP) is 11.2. The van der Waals surface area contributed by atoms with E-state index in [2.05, 4.69) is 151 Å². The second-order valence-electron chi connectivity index (χ2n) is 13.5. The monoisotopic (exact) mass is 630 g/mol. The molecule has 0 atom stereocenters. The fourth-order valence-electron chi connectivity index (χ4n) is 7.06. The Hall–Kier alpha value is -5.33. The molecule has 4 heterocycles. The fourth-order valence-corrected chi connectivity index (χ4v) is 8.17. The first-order valence-electron chi connectivity index (χ1n) is 16.0. The largest absolute Gasteiger partial charge is 0.457 e. The molecule has 6 heteroatoms. The van der Waals surface area contributed by atoms with Gasteiger partial charge in [-0.2, -0.15) is 0 Å². The van der Waals surface area contributed by atoms with E-state index in [1.807, 2.05) is 23.6 Å². The summed E-state index contributed by atoms with van der Waals surface area (Å²) in [6.07, 6.45) is 1.92. The second kappa shape index (κ2) is 10.3. The van der Waals surface area contributed by atoms with Crippen LogP contribution in [0.5, 0.6) is 11.5 Å². The highest BCUT2D eigenvalue weighted by Crippen LogP contribution is 2.50. The molecule has 0 spiro atoms. The maximum absolute atomic E-state index is 6.64. The summed E-state index contributed by atoms with van der Waals surface area (Å²) in [6, 6.07) is 41.0. The van der Waals surface area contributed by atoms with Gasteiger partial charge in [0.25, 0.3) is 0 Å². The first kappa shape index (κ1) is 27.9. The summed E-state index contributed by atoms with van der Waals surface area (Å²) in [4.78, 5) is 9.58. The molecule has 0 aliphatic carbocycles. The topological polar surface area (TPSA) is 33.5 Å². The molecule has 0 saturated carbocycles. The summed E-state index contributed by atoms with van der Waals surface area (Å²) in [6.45, 7) is 7.49. The summed E-state index contributed by atoms with van der Waals surface area (Å²) >= 11 is 1.86. The van der Waals surface area contributed by atoms with Crippen LogP contribution >= 0.6 is 11.3 Å². The molecule has 0 N–H and O–H groups in total. The molecule has 8 aromatic rings. The average molecular weight is 631 g/mol. The van der Waals surface area contributed by atoms with Crippen molar-refractivity contribution in [2.24, 2.45) is 0 Å². The van der Waals surface area contributed by atoms with E-state index < -0.39 is 0 Å². The summed E-state index contributed by atoms with van der Waals surface area (Å²) in [5, 5.41) is 5.00. The lowest BCUT2D eigenvalue weighted by molar-refractivity contribution is 0.483. The summed E-state index contributed by atoms with van der Waals surface area (Å²) in [5.41, 5.74) is 7.08. The highest BCUT2D eigenvalue weighted by Gasteiger charge is 2.29. The Morgan fingerprint density at radius 1 is 0.702 bits per heavy atom. The molecule has 0 saturated heterocycles. The van der Waals surface area contributed by atoms with Crippen LogP contribution in [0.3, 0.4) is 0 Å². The number of aromatic nitrogens is 2. The highest BCUT2D eigenvalue weighted by molar-refractivity contribution is 7.26. The third-order valence-electron chi connectivity index (χ3n) is 9.38. The molecule has 47 heavy (non-hydrogen) atoms. The van der Waals surface area contributed by atoms with Crippen molar-refractivity contribution in [3.63, 3.8) is 0 Å². The van der Waals surface area contributed by atoms with Gasteiger partial charge < -0.3 is 14.5 Å². The zero-order valence-electron chi connectivity index (χ0n) is 26.9. The van der Waals surface area contributed by atoms with Crippen LogP contribution in [0, 0.1) is 0 Å². The van der Waals surface area contributed by atoms with E-state index in [4.69, 9.17) is 9.72 Å². The number of pyridine rings is 1. The van der Waals surface area contributed by atoms with Crippen LogP contribution < -0.4 is 14.5 Å². The summed E-state index contributed by atoms with van der Waals surface area (Å²) in [5.74, 6) is 2.50. The standard InChI is InChI=1S/C41H34N4OS/c1-41(2,3)26-20-21-42-38(22-26)45-33-14-7-5-12-30(33)31-17-16-29(24-35(31)45)46-28-11-9-10-27(23-28)44-25-43(4)34-18-19-37-39(40(34)44)32-13-6-8-15-36(32)47-37/h5-24H,25H2,1-4H3. The number of ether oxygens (including phenoxy) is 1. The number of para-hydroxylation sites is 1. The van der Waals surface area contributed by atoms with Gasteiger partial charge in [-0.1, -0.05) is 63.2 Å². The zero-order valence-corrected chi connectivity index (χ0v) is 27.7. The smallest absolute Gasteiger partial charge is 0.137 e. The molecule has 9 rings (SSSR count). The van der Waals surface area contributed by atoms with Crippen molar-refractivity contribution in [1.82, 2.24) is 9.55 Å². The van der Waals surface area contributed by atoms with Crippen molar-refractivity contribution in [3.05, 3.63) is 127 Å². The van der Waals surface area contributed by atoms with Crippen LogP contribution in [0.2, 0.25) is 0 Å². The molecule has 0 fully saturated rings. The molecule has 0 radical (unpaired) electrons. The van der Waals surface area contributed by atoms with Gasteiger partial charge in [0, 0.05) is 62.0 Å². The van der Waals surface area contributed by atoms with Crippen molar-refractivity contribution in [3.8, 4) is 17.3 Å². The molecule has 0 unspecified atom stereocenters. The Kier molecular flexibility index (Phi) is 6.15. The molecular formula is C41H34N4OS. The van der Waals surface area contributed by atoms with Gasteiger partial charge in [0.1, 0.15) is 17.3 Å². The van der Waals surface area contributed by atoms with Crippen molar-refractivity contribution in [1.29, 1.82) is 0 Å². The molecule has 1 aliphatic heterocycles. The van der Waals surface area contributed by atoms with Crippen LogP contribution in [0.25, 0.3) is 47.8 Å². The quantitative estimate of drug-likeness (QED) is 0.194. The Labute approximate surface area is 277 Å². The van der Waals surface area contributed by atoms with E-state index in [-0.39, 0.29) is 5.41 Å². The molecule has 5 aromatic carbocycles. The molecule has 5 nitrogen and oxygen atoms in total. The molecule has 0 bridgehead atoms. The molecular weight excluding hydrogens is 597 g/mol. The number of anilines is 3. The number of hydrogen-bond donors (Lipinski definition) is 0. The van der Waals surface area contributed by atoms with Crippen LogP contribution in [0.1, 0.15) is 26.3 Å². The number of nitrogens with zero attached hydrogens (tertiary/aromatic N) is 4. The molecule has 3 aromatic heterocycles. The number of thiophene rings is 1. The molecule has 1 aliphatic rings. The first-order valence-corrected chi connectivity index (χ1v) is 16.9. The Bertz CT molecular complexity index is 2500. The van der Waals surface area contributed by atoms with E-state index in [0.717, 1.165) is 40.7 Å². The van der Waals surface area contributed by atoms with Crippen molar-refractivity contribution in [2.75, 3.05) is 23.5 Å². The van der Waals surface area contributed by atoms with Gasteiger partial charge in [0.15, 0.2) is 0 Å². The maximum Gasteiger partial charge on any atom is 0.137 e. The number of hydrogen-bond acceptors (Lipinski definition) is 5. The van der Waals surface area contributed by atoms with Crippen LogP contribution in [0.15, 0.2) is 121 Å². The van der Waals surface area contributed by atoms with E-state index in [9.17, 15) is 0 Å². The summed E-state index contributed by atoms with van der Waals surface area (Å²) < 4.78 is 11.5. The van der Waals surface area contributed by atoms with Crippen molar-refractivity contribution < 1.29 is 4.74 Å². The minimum Gasteiger partial charge on any atom is -0.457 e. The zero-order chi connectivity index (χ0) is 31.9. The normalized spacial score (nSPS) is 13.4. The van der Waals surface area contributed by atoms with Crippen molar-refractivity contribution in [2.45, 2.75) is 26.2 Å². The number of fused-ring (bicyclic) bond motifs is 8. The van der Waals surface area contributed by atoms with Crippen LogP contribution in [-0.2, 0) is 5.41 Å². The number of rotatable bonds is 4. The highest BCUT2D eigenvalue weighted by atomic mass is 32.1. The first-order chi connectivity index (χ1) is 22.8.